The van der Waals surface area contributed by atoms with Crippen molar-refractivity contribution in [1.29, 1.82) is 0 Å². The monoisotopic (exact) mass is 340 g/mol. The number of benzene rings is 1. The van der Waals surface area contributed by atoms with Crippen LogP contribution in [-0.2, 0) is 24.7 Å². The molecule has 1 aromatic heterocycles. The van der Waals surface area contributed by atoms with E-state index in [-0.39, 0.29) is 5.78 Å². The molecular weight excluding hydrogens is 328 g/mol. The summed E-state index contributed by atoms with van der Waals surface area (Å²) in [4.78, 5) is 12.1. The second-order valence-corrected chi connectivity index (χ2v) is 5.65. The molecule has 0 amide bonds. The van der Waals surface area contributed by atoms with Crippen molar-refractivity contribution in [3.05, 3.63) is 50.7 Å². The average molecular weight is 342 g/mol. The zero-order valence-corrected chi connectivity index (χ0v) is 13.1. The average Bonchev–Trinajstić information content (AvgIpc) is 2.59. The number of Topliss-reactive ketones (excluding diaryl/α,β-unsaturated/α-hetero) is 1. The Morgan fingerprint density at radius 2 is 2.05 bits per heavy atom. The van der Waals surface area contributed by atoms with E-state index in [2.05, 4.69) is 21.0 Å². The molecule has 0 saturated carbocycles. The van der Waals surface area contributed by atoms with Crippen LogP contribution in [0, 0.1) is 6.92 Å². The first kappa shape index (κ1) is 14.3. The number of aryl methyl sites for hydroxylation is 2. The largest absolute Gasteiger partial charge is 0.299 e. The lowest BCUT2D eigenvalue weighted by Crippen LogP contribution is -2.10. The van der Waals surface area contributed by atoms with Crippen molar-refractivity contribution >= 4 is 33.3 Å². The molecule has 0 N–H and O–H groups in total. The van der Waals surface area contributed by atoms with Crippen LogP contribution in [0.15, 0.2) is 28.7 Å². The lowest BCUT2D eigenvalue weighted by Gasteiger charge is -2.05. The molecule has 1 heterocycles. The Hall–Kier alpha value is -1.13. The topological polar surface area (TPSA) is 34.9 Å². The number of rotatable bonds is 4. The molecule has 0 aliphatic rings. The molecule has 3 nitrogen and oxygen atoms in total. The third kappa shape index (κ3) is 3.25. The Kier molecular flexibility index (Phi) is 4.42. The van der Waals surface area contributed by atoms with Gasteiger partial charge in [0.15, 0.2) is 0 Å². The maximum atomic E-state index is 12.1. The van der Waals surface area contributed by atoms with Gasteiger partial charge in [0, 0.05) is 24.9 Å². The van der Waals surface area contributed by atoms with Crippen LogP contribution in [0.2, 0.25) is 5.02 Å². The molecule has 0 unspecified atom stereocenters. The third-order valence-electron chi connectivity index (χ3n) is 2.97. The number of nitrogens with zero attached hydrogens (tertiary/aromatic N) is 2. The van der Waals surface area contributed by atoms with E-state index < -0.39 is 0 Å². The Bertz CT molecular complexity index is 622. The lowest BCUT2D eigenvalue weighted by atomic mass is 10.1. The van der Waals surface area contributed by atoms with Gasteiger partial charge in [-0.1, -0.05) is 29.8 Å². The van der Waals surface area contributed by atoms with Gasteiger partial charge < -0.3 is 0 Å². The molecule has 0 bridgehead atoms. The van der Waals surface area contributed by atoms with Crippen LogP contribution in [0.4, 0.5) is 0 Å². The molecule has 0 radical (unpaired) electrons. The third-order valence-corrected chi connectivity index (χ3v) is 4.37. The van der Waals surface area contributed by atoms with Crippen molar-refractivity contribution < 1.29 is 4.79 Å². The van der Waals surface area contributed by atoms with Crippen LogP contribution in [0.5, 0.6) is 0 Å². The lowest BCUT2D eigenvalue weighted by molar-refractivity contribution is -0.117. The van der Waals surface area contributed by atoms with E-state index in [1.807, 2.05) is 32.2 Å². The Morgan fingerprint density at radius 1 is 1.37 bits per heavy atom. The Balaban J connectivity index is 2.12. The highest BCUT2D eigenvalue weighted by Crippen LogP contribution is 2.22. The molecule has 0 fully saturated rings. The van der Waals surface area contributed by atoms with E-state index in [9.17, 15) is 4.79 Å². The van der Waals surface area contributed by atoms with Crippen LogP contribution in [0.3, 0.4) is 0 Å². The summed E-state index contributed by atoms with van der Waals surface area (Å²) in [5, 5.41) is 4.92. The van der Waals surface area contributed by atoms with E-state index >= 15 is 0 Å². The quantitative estimate of drug-likeness (QED) is 0.853. The van der Waals surface area contributed by atoms with Gasteiger partial charge in [0.25, 0.3) is 0 Å². The van der Waals surface area contributed by atoms with Crippen LogP contribution >= 0.6 is 27.5 Å². The predicted octanol–water partition coefficient (Wildman–Crippen LogP) is 3.50. The fourth-order valence-corrected chi connectivity index (χ4v) is 2.65. The summed E-state index contributed by atoms with van der Waals surface area (Å²) < 4.78 is 2.65. The van der Waals surface area contributed by atoms with E-state index in [0.717, 1.165) is 21.4 Å². The van der Waals surface area contributed by atoms with Crippen molar-refractivity contribution in [3.8, 4) is 0 Å². The first-order chi connectivity index (χ1) is 8.99. The summed E-state index contributed by atoms with van der Waals surface area (Å²) >= 11 is 9.53. The van der Waals surface area contributed by atoms with Gasteiger partial charge in [0.2, 0.25) is 0 Å². The van der Waals surface area contributed by atoms with Gasteiger partial charge in [-0.05, 0) is 34.5 Å². The second kappa shape index (κ2) is 5.88. The molecular formula is C14H14BrClN2O. The van der Waals surface area contributed by atoms with Crippen LogP contribution in [0.1, 0.15) is 17.0 Å². The fraction of sp³-hybridized carbons (Fsp3) is 0.286. The fourth-order valence-electron chi connectivity index (χ4n) is 1.98. The summed E-state index contributed by atoms with van der Waals surface area (Å²) in [7, 11) is 1.84. The summed E-state index contributed by atoms with van der Waals surface area (Å²) in [5.74, 6) is 0.122. The highest BCUT2D eigenvalue weighted by atomic mass is 79.9. The van der Waals surface area contributed by atoms with Gasteiger partial charge in [-0.2, -0.15) is 5.10 Å². The Morgan fingerprint density at radius 3 is 2.63 bits per heavy atom. The van der Waals surface area contributed by atoms with Gasteiger partial charge in [-0.3, -0.25) is 9.48 Å². The van der Waals surface area contributed by atoms with Crippen molar-refractivity contribution in [1.82, 2.24) is 9.78 Å². The number of carbonyl (C=O) groups is 1. The van der Waals surface area contributed by atoms with Crippen LogP contribution in [0.25, 0.3) is 0 Å². The molecule has 0 spiro atoms. The Labute approximate surface area is 125 Å². The highest BCUT2D eigenvalue weighted by Gasteiger charge is 2.15. The first-order valence-electron chi connectivity index (χ1n) is 5.92. The number of halogens is 2. The normalized spacial score (nSPS) is 10.7. The molecule has 19 heavy (non-hydrogen) atoms. The number of ketones is 1. The molecule has 2 rings (SSSR count). The molecule has 100 valence electrons. The maximum Gasteiger partial charge on any atom is 0.143 e. The number of hydrogen-bond donors (Lipinski definition) is 0. The minimum absolute atomic E-state index is 0.122. The molecule has 0 atom stereocenters. The van der Waals surface area contributed by atoms with Crippen molar-refractivity contribution in [2.75, 3.05) is 0 Å². The number of aromatic nitrogens is 2. The summed E-state index contributed by atoms with van der Waals surface area (Å²) in [6.07, 6.45) is 0.694. The van der Waals surface area contributed by atoms with Gasteiger partial charge in [0.05, 0.1) is 15.9 Å². The van der Waals surface area contributed by atoms with E-state index in [4.69, 9.17) is 11.6 Å². The van der Waals surface area contributed by atoms with Crippen molar-refractivity contribution in [2.45, 2.75) is 19.8 Å². The van der Waals surface area contributed by atoms with Gasteiger partial charge in [0.1, 0.15) is 5.78 Å². The second-order valence-electron chi connectivity index (χ2n) is 4.45. The van der Waals surface area contributed by atoms with Crippen LogP contribution < -0.4 is 0 Å². The molecule has 1 aromatic carbocycles. The smallest absolute Gasteiger partial charge is 0.143 e. The summed E-state index contributed by atoms with van der Waals surface area (Å²) in [6.45, 7) is 1.91. The molecule has 0 aliphatic carbocycles. The summed E-state index contributed by atoms with van der Waals surface area (Å²) in [5.41, 5.74) is 2.65. The van der Waals surface area contributed by atoms with E-state index in [1.54, 1.807) is 10.7 Å². The van der Waals surface area contributed by atoms with E-state index in [1.165, 1.54) is 0 Å². The molecule has 0 saturated heterocycles. The molecule has 5 heteroatoms. The SMILES string of the molecule is Cc1nn(C)c(CC(=O)Cc2ccccc2Cl)c1Br. The maximum absolute atomic E-state index is 12.1. The van der Waals surface area contributed by atoms with Gasteiger partial charge >= 0.3 is 0 Å². The molecule has 2 aromatic rings. The zero-order chi connectivity index (χ0) is 14.0. The minimum Gasteiger partial charge on any atom is -0.299 e. The standard InChI is InChI=1S/C14H14BrClN2O/c1-9-14(15)13(18(2)17-9)8-11(19)7-10-5-3-4-6-12(10)16/h3-6H,7-8H2,1-2H3. The number of carbonyl (C=O) groups excluding carboxylic acids is 1. The van der Waals surface area contributed by atoms with Crippen LogP contribution in [-0.4, -0.2) is 15.6 Å². The highest BCUT2D eigenvalue weighted by molar-refractivity contribution is 9.10. The summed E-state index contributed by atoms with van der Waals surface area (Å²) in [6, 6.07) is 7.42. The van der Waals surface area contributed by atoms with Crippen molar-refractivity contribution in [2.24, 2.45) is 7.05 Å². The van der Waals surface area contributed by atoms with Gasteiger partial charge in [-0.15, -0.1) is 0 Å². The first-order valence-corrected chi connectivity index (χ1v) is 7.09. The van der Waals surface area contributed by atoms with Gasteiger partial charge in [-0.25, -0.2) is 0 Å². The zero-order valence-electron chi connectivity index (χ0n) is 10.8. The predicted molar refractivity (Wildman–Crippen MR) is 79.5 cm³/mol. The van der Waals surface area contributed by atoms with E-state index in [0.29, 0.717) is 17.9 Å². The number of hydrogen-bond acceptors (Lipinski definition) is 2. The van der Waals surface area contributed by atoms with Crippen molar-refractivity contribution in [3.63, 3.8) is 0 Å². The molecule has 0 aliphatic heterocycles. The minimum atomic E-state index is 0.122.